The van der Waals surface area contributed by atoms with Crippen molar-refractivity contribution in [2.75, 3.05) is 44.8 Å². The fraction of sp³-hybridized carbons (Fsp3) is 0.471. The van der Waals surface area contributed by atoms with E-state index in [0.29, 0.717) is 12.5 Å². The molecule has 3 rings (SSSR count). The van der Waals surface area contributed by atoms with Crippen LogP contribution in [0.15, 0.2) is 24.4 Å². The first-order valence-corrected chi connectivity index (χ1v) is 8.32. The molecule has 0 saturated carbocycles. The normalized spacial score (nSPS) is 14.4. The predicted molar refractivity (Wildman–Crippen MR) is 110 cm³/mol. The second-order valence-corrected chi connectivity index (χ2v) is 6.22. The highest BCUT2D eigenvalue weighted by Gasteiger charge is 2.19. The number of nitrogens with zero attached hydrogens (tertiary/aromatic N) is 4. The lowest BCUT2D eigenvalue weighted by molar-refractivity contribution is 0.306. The number of likely N-dealkylation sites (N-methyl/N-ethyl adjacent to an activating group) is 1. The number of rotatable bonds is 5. The van der Waals surface area contributed by atoms with Crippen molar-refractivity contribution >= 4 is 36.6 Å². The Balaban J connectivity index is 0.00000169. The lowest BCUT2D eigenvalue weighted by atomic mass is 10.1. The molecule has 0 aromatic carbocycles. The van der Waals surface area contributed by atoms with E-state index >= 15 is 0 Å². The minimum Gasteiger partial charge on any atom is -0.368 e. The van der Waals surface area contributed by atoms with Crippen LogP contribution in [0.1, 0.15) is 23.0 Å². The maximum Gasteiger partial charge on any atom is 0.222 e. The summed E-state index contributed by atoms with van der Waals surface area (Å²) in [7, 11) is 4.11. The lowest BCUT2D eigenvalue weighted by Gasteiger charge is -2.25. The van der Waals surface area contributed by atoms with Gasteiger partial charge in [-0.15, -0.1) is 24.8 Å². The quantitative estimate of drug-likeness (QED) is 0.704. The number of hydrogen-bond donors (Lipinski definition) is 3. The number of fused-ring (bicyclic) bond motifs is 1. The van der Waals surface area contributed by atoms with Crippen molar-refractivity contribution < 1.29 is 0 Å². The van der Waals surface area contributed by atoms with E-state index in [2.05, 4.69) is 44.6 Å². The van der Waals surface area contributed by atoms with E-state index in [1.165, 1.54) is 5.56 Å². The van der Waals surface area contributed by atoms with Gasteiger partial charge in [0.2, 0.25) is 5.95 Å². The molecule has 1 aliphatic heterocycles. The van der Waals surface area contributed by atoms with E-state index in [-0.39, 0.29) is 30.9 Å². The molecule has 0 spiro atoms. The van der Waals surface area contributed by atoms with Gasteiger partial charge in [-0.1, -0.05) is 6.07 Å². The zero-order valence-electron chi connectivity index (χ0n) is 15.1. The van der Waals surface area contributed by atoms with Gasteiger partial charge in [0.05, 0.1) is 17.4 Å². The van der Waals surface area contributed by atoms with Crippen molar-refractivity contribution in [2.24, 2.45) is 0 Å². The van der Waals surface area contributed by atoms with Gasteiger partial charge in [0, 0.05) is 31.3 Å². The molecule has 4 N–H and O–H groups in total. The first kappa shape index (κ1) is 22.4. The minimum atomic E-state index is 0. The summed E-state index contributed by atoms with van der Waals surface area (Å²) in [5, 5.41) is 6.88. The minimum absolute atomic E-state index is 0. The van der Waals surface area contributed by atoms with E-state index in [0.717, 1.165) is 43.1 Å². The fourth-order valence-electron chi connectivity index (χ4n) is 3.03. The summed E-state index contributed by atoms with van der Waals surface area (Å²) in [5.74, 6) is 1.18. The SMILES string of the molecule is CN(C)C(CNc1nc(N)nc2c1CCNCC2)c1ccccn1.Cl.Cl. The number of nitrogen functional groups attached to an aromatic ring is 1. The van der Waals surface area contributed by atoms with Gasteiger partial charge in [-0.2, -0.15) is 4.98 Å². The topological polar surface area (TPSA) is 92.0 Å². The van der Waals surface area contributed by atoms with Crippen LogP contribution in [0.2, 0.25) is 0 Å². The molecule has 3 heterocycles. The van der Waals surface area contributed by atoms with Crippen LogP contribution in [-0.2, 0) is 12.8 Å². The molecular weight excluding hydrogens is 373 g/mol. The van der Waals surface area contributed by atoms with E-state index in [9.17, 15) is 0 Å². The molecule has 1 aliphatic rings. The Morgan fingerprint density at radius 2 is 1.96 bits per heavy atom. The molecule has 1 unspecified atom stereocenters. The van der Waals surface area contributed by atoms with Crippen LogP contribution in [0.5, 0.6) is 0 Å². The molecule has 0 saturated heterocycles. The third kappa shape index (κ3) is 5.41. The molecule has 26 heavy (non-hydrogen) atoms. The van der Waals surface area contributed by atoms with Crippen molar-refractivity contribution in [1.29, 1.82) is 0 Å². The van der Waals surface area contributed by atoms with Gasteiger partial charge in [-0.25, -0.2) is 4.98 Å². The summed E-state index contributed by atoms with van der Waals surface area (Å²) in [6, 6.07) is 6.15. The van der Waals surface area contributed by atoms with Gasteiger partial charge in [-0.3, -0.25) is 9.88 Å². The lowest BCUT2D eigenvalue weighted by Crippen LogP contribution is -2.28. The van der Waals surface area contributed by atoms with Gasteiger partial charge in [0.1, 0.15) is 5.82 Å². The Bertz CT molecular complexity index is 682. The molecule has 9 heteroatoms. The van der Waals surface area contributed by atoms with Gasteiger partial charge in [-0.05, 0) is 39.2 Å². The Labute approximate surface area is 167 Å². The average molecular weight is 400 g/mol. The van der Waals surface area contributed by atoms with Gasteiger partial charge in [0.15, 0.2) is 0 Å². The van der Waals surface area contributed by atoms with Crippen molar-refractivity contribution in [2.45, 2.75) is 18.9 Å². The second kappa shape index (κ2) is 10.5. The monoisotopic (exact) mass is 399 g/mol. The number of hydrogen-bond acceptors (Lipinski definition) is 7. The largest absolute Gasteiger partial charge is 0.368 e. The maximum atomic E-state index is 5.91. The zero-order chi connectivity index (χ0) is 16.9. The van der Waals surface area contributed by atoms with Crippen LogP contribution in [0, 0.1) is 0 Å². The highest BCUT2D eigenvalue weighted by atomic mass is 35.5. The Morgan fingerprint density at radius 3 is 2.65 bits per heavy atom. The van der Waals surface area contributed by atoms with E-state index < -0.39 is 0 Å². The molecule has 0 fully saturated rings. The van der Waals surface area contributed by atoms with Gasteiger partial charge in [0.25, 0.3) is 0 Å². The molecule has 144 valence electrons. The molecular formula is C17H27Cl2N7. The average Bonchev–Trinajstić information content (AvgIpc) is 2.81. The van der Waals surface area contributed by atoms with Crippen molar-refractivity contribution in [3.05, 3.63) is 41.3 Å². The molecule has 1 atom stereocenters. The highest BCUT2D eigenvalue weighted by Crippen LogP contribution is 2.22. The Morgan fingerprint density at radius 1 is 1.19 bits per heavy atom. The molecule has 2 aromatic heterocycles. The molecule has 7 nitrogen and oxygen atoms in total. The van der Waals surface area contributed by atoms with E-state index in [1.807, 2.05) is 24.4 Å². The number of anilines is 2. The third-order valence-corrected chi connectivity index (χ3v) is 4.32. The van der Waals surface area contributed by atoms with Crippen LogP contribution in [-0.4, -0.2) is 53.6 Å². The van der Waals surface area contributed by atoms with Gasteiger partial charge >= 0.3 is 0 Å². The number of aromatic nitrogens is 3. The highest BCUT2D eigenvalue weighted by molar-refractivity contribution is 5.85. The summed E-state index contributed by atoms with van der Waals surface area (Å²) >= 11 is 0. The predicted octanol–water partition coefficient (Wildman–Crippen LogP) is 1.70. The van der Waals surface area contributed by atoms with Crippen LogP contribution in [0.25, 0.3) is 0 Å². The smallest absolute Gasteiger partial charge is 0.222 e. The number of nitrogens with two attached hydrogens (primary N) is 1. The van der Waals surface area contributed by atoms with Crippen molar-refractivity contribution in [3.63, 3.8) is 0 Å². The number of nitrogens with one attached hydrogen (secondary N) is 2. The number of pyridine rings is 1. The Hall–Kier alpha value is -1.67. The summed E-state index contributed by atoms with van der Waals surface area (Å²) < 4.78 is 0. The summed E-state index contributed by atoms with van der Waals surface area (Å²) in [6.45, 7) is 2.57. The first-order valence-electron chi connectivity index (χ1n) is 8.32. The van der Waals surface area contributed by atoms with E-state index in [1.54, 1.807) is 0 Å². The van der Waals surface area contributed by atoms with Crippen LogP contribution >= 0.6 is 24.8 Å². The summed E-state index contributed by atoms with van der Waals surface area (Å²) in [5.41, 5.74) is 9.16. The summed E-state index contributed by atoms with van der Waals surface area (Å²) in [4.78, 5) is 15.5. The van der Waals surface area contributed by atoms with Crippen LogP contribution in [0.4, 0.5) is 11.8 Å². The fourth-order valence-corrected chi connectivity index (χ4v) is 3.03. The van der Waals surface area contributed by atoms with Crippen LogP contribution < -0.4 is 16.4 Å². The van der Waals surface area contributed by atoms with E-state index in [4.69, 9.17) is 5.73 Å². The Kier molecular flexibility index (Phi) is 9.01. The maximum absolute atomic E-state index is 5.91. The standard InChI is InChI=1S/C17H25N7.2ClH/c1-24(2)15(14-5-3-4-8-20-14)11-21-16-12-6-9-19-10-7-13(12)22-17(18)23-16;;/h3-5,8,15,19H,6-7,9-11H2,1-2H3,(H3,18,21,22,23);2*1H. The zero-order valence-corrected chi connectivity index (χ0v) is 16.7. The molecule has 0 bridgehead atoms. The molecule has 0 amide bonds. The van der Waals surface area contributed by atoms with Crippen LogP contribution in [0.3, 0.4) is 0 Å². The molecule has 0 radical (unpaired) electrons. The number of halogens is 2. The molecule has 0 aliphatic carbocycles. The van der Waals surface area contributed by atoms with Crippen molar-refractivity contribution in [3.8, 4) is 0 Å². The van der Waals surface area contributed by atoms with Gasteiger partial charge < -0.3 is 16.4 Å². The van der Waals surface area contributed by atoms with Crippen molar-refractivity contribution in [1.82, 2.24) is 25.2 Å². The molecule has 2 aromatic rings. The first-order chi connectivity index (χ1) is 11.6. The summed E-state index contributed by atoms with van der Waals surface area (Å²) in [6.07, 6.45) is 3.62. The second-order valence-electron chi connectivity index (χ2n) is 6.22. The third-order valence-electron chi connectivity index (χ3n) is 4.32.